The summed E-state index contributed by atoms with van der Waals surface area (Å²) >= 11 is 0. The first-order chi connectivity index (χ1) is 13.7. The van der Waals surface area contributed by atoms with E-state index in [1.165, 1.54) is 0 Å². The third-order valence-electron chi connectivity index (χ3n) is 3.40. The number of carboxylic acid groups (broad SMARTS) is 1. The highest BCUT2D eigenvalue weighted by Crippen LogP contribution is 2.25. The van der Waals surface area contributed by atoms with E-state index >= 15 is 0 Å². The van der Waals surface area contributed by atoms with Gasteiger partial charge < -0.3 is 29.5 Å². The van der Waals surface area contributed by atoms with Crippen molar-refractivity contribution in [1.29, 1.82) is 0 Å². The van der Waals surface area contributed by atoms with E-state index in [0.29, 0.717) is 22.6 Å². The Bertz CT molecular complexity index is 1100. The molecule has 0 spiro atoms. The molecule has 0 bridgehead atoms. The number of ether oxygens (including phenoxy) is 1. The molecular weight excluding hydrogens is 399 g/mol. The molecule has 0 amide bonds. The van der Waals surface area contributed by atoms with Crippen LogP contribution in [-0.4, -0.2) is 42.3 Å². The van der Waals surface area contributed by atoms with E-state index in [2.05, 4.69) is 15.9 Å². The predicted octanol–water partition coefficient (Wildman–Crippen LogP) is 2.51. The SMILES string of the molecule is C#CCOc1ccc(C=Cc2nc3cccc(C(=O)O)c3[nH]2)cc1.O=P(O)(O)O. The summed E-state index contributed by atoms with van der Waals surface area (Å²) in [5, 5.41) is 9.20. The number of benzene rings is 2. The lowest BCUT2D eigenvalue weighted by molar-refractivity contribution is 0.0698. The minimum Gasteiger partial charge on any atom is -0.481 e. The van der Waals surface area contributed by atoms with Crippen LogP contribution in [0.4, 0.5) is 0 Å². The van der Waals surface area contributed by atoms with Crippen molar-refractivity contribution in [2.24, 2.45) is 0 Å². The first-order valence-electron chi connectivity index (χ1n) is 8.02. The van der Waals surface area contributed by atoms with Crippen LogP contribution in [0, 0.1) is 12.3 Å². The number of aromatic carboxylic acids is 1. The minimum atomic E-state index is -4.64. The lowest BCUT2D eigenvalue weighted by atomic mass is 10.2. The van der Waals surface area contributed by atoms with Gasteiger partial charge in [-0.3, -0.25) is 0 Å². The number of hydrogen-bond donors (Lipinski definition) is 5. The first-order valence-corrected chi connectivity index (χ1v) is 9.58. The Morgan fingerprint density at radius 3 is 2.41 bits per heavy atom. The van der Waals surface area contributed by atoms with Crippen LogP contribution in [-0.2, 0) is 4.57 Å². The van der Waals surface area contributed by atoms with Crippen molar-refractivity contribution >= 4 is 37.0 Å². The number of carbonyl (C=O) groups is 1. The van der Waals surface area contributed by atoms with Crippen molar-refractivity contribution in [3.05, 3.63) is 59.4 Å². The number of imidazole rings is 1. The van der Waals surface area contributed by atoms with E-state index in [1.807, 2.05) is 30.3 Å². The van der Waals surface area contributed by atoms with Gasteiger partial charge in [-0.1, -0.05) is 30.2 Å². The quantitative estimate of drug-likeness (QED) is 0.314. The Labute approximate surface area is 165 Å². The normalized spacial score (nSPS) is 11.0. The summed E-state index contributed by atoms with van der Waals surface area (Å²) in [5.74, 6) is 2.73. The van der Waals surface area contributed by atoms with Crippen molar-refractivity contribution in [3.63, 3.8) is 0 Å². The molecule has 0 saturated heterocycles. The van der Waals surface area contributed by atoms with E-state index in [9.17, 15) is 9.90 Å². The zero-order valence-corrected chi connectivity index (χ0v) is 15.8. The number of nitrogens with one attached hydrogen (secondary N) is 1. The van der Waals surface area contributed by atoms with E-state index < -0.39 is 13.8 Å². The third kappa shape index (κ3) is 7.25. The van der Waals surface area contributed by atoms with Gasteiger partial charge >= 0.3 is 13.8 Å². The molecular formula is C19H17N2O7P. The number of fused-ring (bicyclic) bond motifs is 1. The fraction of sp³-hybridized carbons (Fsp3) is 0.0526. The zero-order chi connectivity index (χ0) is 21.4. The predicted molar refractivity (Wildman–Crippen MR) is 107 cm³/mol. The Hall–Kier alpha value is -3.41. The smallest absolute Gasteiger partial charge is 0.466 e. The highest BCUT2D eigenvalue weighted by Gasteiger charge is 2.10. The van der Waals surface area contributed by atoms with Crippen LogP contribution in [0.5, 0.6) is 5.75 Å². The van der Waals surface area contributed by atoms with Crippen LogP contribution >= 0.6 is 7.82 Å². The van der Waals surface area contributed by atoms with Crippen LogP contribution in [0.1, 0.15) is 21.7 Å². The number of rotatable bonds is 5. The molecule has 9 nitrogen and oxygen atoms in total. The van der Waals surface area contributed by atoms with Gasteiger partial charge in [0.1, 0.15) is 18.2 Å². The molecule has 0 aliphatic heterocycles. The number of H-pyrrole nitrogens is 1. The second-order valence-corrected chi connectivity index (χ2v) is 6.56. The molecule has 0 aliphatic rings. The van der Waals surface area contributed by atoms with Crippen molar-refractivity contribution in [2.45, 2.75) is 0 Å². The number of aromatic amines is 1. The molecule has 0 radical (unpaired) electrons. The van der Waals surface area contributed by atoms with Crippen LogP contribution < -0.4 is 4.74 Å². The molecule has 3 aromatic rings. The van der Waals surface area contributed by atoms with E-state index in [4.69, 9.17) is 30.4 Å². The summed E-state index contributed by atoms with van der Waals surface area (Å²) in [6, 6.07) is 12.4. The highest BCUT2D eigenvalue weighted by molar-refractivity contribution is 7.45. The average molecular weight is 416 g/mol. The first kappa shape index (κ1) is 21.9. The Balaban J connectivity index is 0.000000537. The largest absolute Gasteiger partial charge is 0.481 e. The fourth-order valence-corrected chi connectivity index (χ4v) is 2.28. The number of phosphoric acid groups is 1. The third-order valence-corrected chi connectivity index (χ3v) is 3.40. The maximum atomic E-state index is 11.2. The second kappa shape index (κ2) is 9.68. The topological polar surface area (TPSA) is 153 Å². The van der Waals surface area contributed by atoms with Crippen LogP contribution in [0.2, 0.25) is 0 Å². The molecule has 29 heavy (non-hydrogen) atoms. The van der Waals surface area contributed by atoms with Crippen molar-refractivity contribution < 1.29 is 33.9 Å². The average Bonchev–Trinajstić information content (AvgIpc) is 3.07. The van der Waals surface area contributed by atoms with Crippen LogP contribution in [0.25, 0.3) is 23.2 Å². The molecule has 0 saturated carbocycles. The molecule has 0 atom stereocenters. The molecule has 1 aromatic heterocycles. The van der Waals surface area contributed by atoms with Gasteiger partial charge in [-0.25, -0.2) is 14.3 Å². The Morgan fingerprint density at radius 1 is 1.17 bits per heavy atom. The molecule has 150 valence electrons. The molecule has 0 fully saturated rings. The lowest BCUT2D eigenvalue weighted by Crippen LogP contribution is -1.96. The summed E-state index contributed by atoms with van der Waals surface area (Å²) < 4.78 is 14.2. The molecule has 0 aliphatic carbocycles. The van der Waals surface area contributed by atoms with Crippen LogP contribution in [0.3, 0.4) is 0 Å². The summed E-state index contributed by atoms with van der Waals surface area (Å²) in [5.41, 5.74) is 2.30. The number of hydrogen-bond acceptors (Lipinski definition) is 4. The Morgan fingerprint density at radius 2 is 1.83 bits per heavy atom. The molecule has 0 unspecified atom stereocenters. The minimum absolute atomic E-state index is 0.203. The Kier molecular flexibility index (Phi) is 7.31. The molecule has 10 heteroatoms. The summed E-state index contributed by atoms with van der Waals surface area (Å²) in [6.07, 6.45) is 8.82. The van der Waals surface area contributed by atoms with Crippen molar-refractivity contribution in [2.75, 3.05) is 6.61 Å². The zero-order valence-electron chi connectivity index (χ0n) is 14.9. The van der Waals surface area contributed by atoms with Crippen molar-refractivity contribution in [1.82, 2.24) is 9.97 Å². The lowest BCUT2D eigenvalue weighted by Gasteiger charge is -2.01. The number of aromatic nitrogens is 2. The molecule has 1 heterocycles. The van der Waals surface area contributed by atoms with Gasteiger partial charge in [0.05, 0.1) is 16.6 Å². The number of nitrogens with zero attached hydrogens (tertiary/aromatic N) is 1. The molecule has 5 N–H and O–H groups in total. The fourth-order valence-electron chi connectivity index (χ4n) is 2.28. The van der Waals surface area contributed by atoms with Gasteiger partial charge in [0, 0.05) is 0 Å². The highest BCUT2D eigenvalue weighted by atomic mass is 31.2. The summed E-state index contributed by atoms with van der Waals surface area (Å²) in [7, 11) is -4.64. The van der Waals surface area contributed by atoms with Gasteiger partial charge in [-0.05, 0) is 35.9 Å². The van der Waals surface area contributed by atoms with Crippen LogP contribution in [0.15, 0.2) is 42.5 Å². The van der Waals surface area contributed by atoms with Gasteiger partial charge in [-0.15, -0.1) is 6.42 Å². The number of para-hydroxylation sites is 1. The number of carboxylic acids is 1. The van der Waals surface area contributed by atoms with E-state index in [-0.39, 0.29) is 12.2 Å². The summed E-state index contributed by atoms with van der Waals surface area (Å²) in [6.45, 7) is 0.236. The second-order valence-electron chi connectivity index (χ2n) is 5.54. The standard InChI is InChI=1S/C19H14N2O3.H3O4P/c1-2-12-24-14-9-6-13(7-10-14)8-11-17-20-16-5-3-4-15(19(22)23)18(16)21-17;1-5(2,3)4/h1,3-11H,12H2,(H,20,21)(H,22,23);(H3,1,2,3,4). The summed E-state index contributed by atoms with van der Waals surface area (Å²) in [4.78, 5) is 40.2. The van der Waals surface area contributed by atoms with Crippen molar-refractivity contribution in [3.8, 4) is 18.1 Å². The monoisotopic (exact) mass is 416 g/mol. The van der Waals surface area contributed by atoms with E-state index in [0.717, 1.165) is 5.56 Å². The van der Waals surface area contributed by atoms with Gasteiger partial charge in [0.2, 0.25) is 0 Å². The molecule has 3 rings (SSSR count). The maximum absolute atomic E-state index is 11.2. The number of terminal acetylenes is 1. The van der Waals surface area contributed by atoms with Gasteiger partial charge in [0.15, 0.2) is 0 Å². The maximum Gasteiger partial charge on any atom is 0.466 e. The van der Waals surface area contributed by atoms with Gasteiger partial charge in [0.25, 0.3) is 0 Å². The van der Waals surface area contributed by atoms with E-state index in [1.54, 1.807) is 24.3 Å². The van der Waals surface area contributed by atoms with Gasteiger partial charge in [-0.2, -0.15) is 0 Å². The molecule has 2 aromatic carbocycles.